The van der Waals surface area contributed by atoms with Crippen LogP contribution in [0.1, 0.15) is 35.2 Å². The molecule has 0 aliphatic carbocycles. The zero-order valence-electron chi connectivity index (χ0n) is 14.3. The van der Waals surface area contributed by atoms with Crippen LogP contribution in [0.2, 0.25) is 0 Å². The summed E-state index contributed by atoms with van der Waals surface area (Å²) in [5, 5.41) is 19.8. The van der Waals surface area contributed by atoms with E-state index in [0.29, 0.717) is 30.3 Å². The van der Waals surface area contributed by atoms with E-state index in [0.717, 1.165) is 25.8 Å². The fraction of sp³-hybridized carbons (Fsp3) is 0.588. The van der Waals surface area contributed by atoms with Crippen molar-refractivity contribution in [3.05, 3.63) is 39.4 Å². The molecule has 0 unspecified atom stereocenters. The molecule has 1 aliphatic rings. The Morgan fingerprint density at radius 3 is 2.62 bits per heavy atom. The number of benzene rings is 1. The van der Waals surface area contributed by atoms with E-state index in [1.54, 1.807) is 13.0 Å². The van der Waals surface area contributed by atoms with Gasteiger partial charge in [0.25, 0.3) is 11.6 Å². The fourth-order valence-corrected chi connectivity index (χ4v) is 3.19. The third kappa shape index (κ3) is 4.30. The Labute approximate surface area is 142 Å². The molecule has 0 spiro atoms. The van der Waals surface area contributed by atoms with Crippen LogP contribution in [0.3, 0.4) is 0 Å². The minimum absolute atomic E-state index is 0.0377. The maximum Gasteiger partial charge on any atom is 0.272 e. The number of piperidine rings is 1. The Balaban J connectivity index is 1.95. The Hall–Kier alpha value is -1.99. The molecule has 1 amide bonds. The molecule has 2 rings (SSSR count). The van der Waals surface area contributed by atoms with Crippen molar-refractivity contribution in [2.45, 2.75) is 32.2 Å². The second kappa shape index (κ2) is 8.21. The number of aliphatic hydroxyl groups is 1. The highest BCUT2D eigenvalue weighted by Crippen LogP contribution is 2.22. The number of aryl methyl sites for hydroxylation is 1. The van der Waals surface area contributed by atoms with Gasteiger partial charge in [0, 0.05) is 49.5 Å². The Morgan fingerprint density at radius 2 is 2.08 bits per heavy atom. The summed E-state index contributed by atoms with van der Waals surface area (Å²) in [4.78, 5) is 27.1. The molecule has 0 atom stereocenters. The van der Waals surface area contributed by atoms with Crippen LogP contribution in [0.25, 0.3) is 0 Å². The minimum atomic E-state index is -0.433. The van der Waals surface area contributed by atoms with Gasteiger partial charge in [-0.2, -0.15) is 0 Å². The first kappa shape index (κ1) is 18.4. The number of carbonyl (C=O) groups is 1. The predicted octanol–water partition coefficient (Wildman–Crippen LogP) is 1.82. The van der Waals surface area contributed by atoms with Gasteiger partial charge in [0.05, 0.1) is 4.92 Å². The molecular formula is C17H25N3O4. The van der Waals surface area contributed by atoms with E-state index in [-0.39, 0.29) is 18.2 Å². The van der Waals surface area contributed by atoms with Crippen molar-refractivity contribution in [3.8, 4) is 0 Å². The fourth-order valence-electron chi connectivity index (χ4n) is 3.19. The van der Waals surface area contributed by atoms with Crippen molar-refractivity contribution >= 4 is 11.6 Å². The Kier molecular flexibility index (Phi) is 6.28. The molecule has 1 saturated heterocycles. The van der Waals surface area contributed by atoms with Gasteiger partial charge in [-0.3, -0.25) is 14.9 Å². The first-order valence-electron chi connectivity index (χ1n) is 8.29. The number of likely N-dealkylation sites (tertiary alicyclic amines) is 1. The van der Waals surface area contributed by atoms with Crippen LogP contribution in [-0.4, -0.2) is 65.1 Å². The molecule has 1 aromatic rings. The summed E-state index contributed by atoms with van der Waals surface area (Å²) in [6.07, 6.45) is 2.57. The van der Waals surface area contributed by atoms with E-state index < -0.39 is 4.92 Å². The molecule has 7 nitrogen and oxygen atoms in total. The number of hydrogen-bond acceptors (Lipinski definition) is 5. The van der Waals surface area contributed by atoms with Gasteiger partial charge < -0.3 is 14.9 Å². The minimum Gasteiger partial charge on any atom is -0.396 e. The van der Waals surface area contributed by atoms with Gasteiger partial charge in [-0.05, 0) is 45.4 Å². The lowest BCUT2D eigenvalue weighted by Gasteiger charge is -2.36. The number of rotatable bonds is 6. The summed E-state index contributed by atoms with van der Waals surface area (Å²) in [7, 11) is 2.05. The highest BCUT2D eigenvalue weighted by atomic mass is 16.6. The quantitative estimate of drug-likeness (QED) is 0.633. The number of nitro groups is 1. The summed E-state index contributed by atoms with van der Waals surface area (Å²) < 4.78 is 0. The maximum absolute atomic E-state index is 12.6. The van der Waals surface area contributed by atoms with Gasteiger partial charge in [-0.1, -0.05) is 0 Å². The van der Waals surface area contributed by atoms with E-state index in [1.165, 1.54) is 12.1 Å². The van der Waals surface area contributed by atoms with Crippen molar-refractivity contribution in [1.82, 2.24) is 9.80 Å². The van der Waals surface area contributed by atoms with E-state index in [4.69, 9.17) is 5.11 Å². The first-order valence-corrected chi connectivity index (χ1v) is 8.29. The monoisotopic (exact) mass is 335 g/mol. The van der Waals surface area contributed by atoms with Crippen LogP contribution in [0, 0.1) is 17.0 Å². The van der Waals surface area contributed by atoms with E-state index in [2.05, 4.69) is 11.9 Å². The highest BCUT2D eigenvalue weighted by Gasteiger charge is 2.26. The molecule has 1 aromatic carbocycles. The molecule has 0 saturated carbocycles. The molecule has 132 valence electrons. The van der Waals surface area contributed by atoms with Gasteiger partial charge in [0.15, 0.2) is 0 Å². The number of nitro benzene ring substituents is 1. The molecule has 0 aromatic heterocycles. The van der Waals surface area contributed by atoms with Crippen LogP contribution in [0.15, 0.2) is 18.2 Å². The number of hydrogen-bond donors (Lipinski definition) is 1. The second-order valence-corrected chi connectivity index (χ2v) is 6.34. The number of aliphatic hydroxyl groups excluding tert-OH is 1. The van der Waals surface area contributed by atoms with Crippen molar-refractivity contribution in [3.63, 3.8) is 0 Å². The molecule has 1 aliphatic heterocycles. The van der Waals surface area contributed by atoms with Crippen LogP contribution < -0.4 is 0 Å². The van der Waals surface area contributed by atoms with Crippen molar-refractivity contribution in [1.29, 1.82) is 0 Å². The summed E-state index contributed by atoms with van der Waals surface area (Å²) in [6.45, 7) is 4.07. The van der Waals surface area contributed by atoms with E-state index >= 15 is 0 Å². The highest BCUT2D eigenvalue weighted by molar-refractivity contribution is 5.94. The predicted molar refractivity (Wildman–Crippen MR) is 91.1 cm³/mol. The summed E-state index contributed by atoms with van der Waals surface area (Å²) >= 11 is 0. The zero-order valence-corrected chi connectivity index (χ0v) is 14.3. The largest absolute Gasteiger partial charge is 0.396 e. The van der Waals surface area contributed by atoms with Crippen molar-refractivity contribution < 1.29 is 14.8 Å². The van der Waals surface area contributed by atoms with Gasteiger partial charge in [0.2, 0.25) is 0 Å². The summed E-state index contributed by atoms with van der Waals surface area (Å²) in [5.74, 6) is -0.0653. The average molecular weight is 335 g/mol. The van der Waals surface area contributed by atoms with Crippen LogP contribution in [0.5, 0.6) is 0 Å². The molecule has 0 radical (unpaired) electrons. The topological polar surface area (TPSA) is 86.9 Å². The Bertz CT molecular complexity index is 597. The molecule has 1 fully saturated rings. The van der Waals surface area contributed by atoms with Crippen LogP contribution in [0.4, 0.5) is 5.69 Å². The lowest BCUT2D eigenvalue weighted by Crippen LogP contribution is -2.45. The number of nitrogens with zero attached hydrogens (tertiary/aromatic N) is 3. The van der Waals surface area contributed by atoms with Crippen molar-refractivity contribution in [2.75, 3.05) is 33.3 Å². The summed E-state index contributed by atoms with van der Waals surface area (Å²) in [6, 6.07) is 4.96. The van der Waals surface area contributed by atoms with E-state index in [9.17, 15) is 14.9 Å². The van der Waals surface area contributed by atoms with Gasteiger partial charge in [-0.25, -0.2) is 0 Å². The van der Waals surface area contributed by atoms with Gasteiger partial charge >= 0.3 is 0 Å². The van der Waals surface area contributed by atoms with Gasteiger partial charge in [-0.15, -0.1) is 0 Å². The lowest BCUT2D eigenvalue weighted by atomic mass is 10.0. The SMILES string of the molecule is Cc1cc(C(=O)N2CCC(N(C)CCCO)CC2)ccc1[N+](=O)[O-]. The maximum atomic E-state index is 12.6. The number of amides is 1. The standard InChI is InChI=1S/C17H25N3O4/c1-13-12-14(4-5-16(13)20(23)24)17(22)19-9-6-15(7-10-19)18(2)8-3-11-21/h4-5,12,15,21H,3,6-11H2,1-2H3. The smallest absolute Gasteiger partial charge is 0.272 e. The van der Waals surface area contributed by atoms with E-state index in [1.807, 2.05) is 4.90 Å². The third-order valence-electron chi connectivity index (χ3n) is 4.68. The lowest BCUT2D eigenvalue weighted by molar-refractivity contribution is -0.385. The molecule has 1 N–H and O–H groups in total. The normalized spacial score (nSPS) is 15.8. The summed E-state index contributed by atoms with van der Waals surface area (Å²) in [5.41, 5.74) is 1.05. The molecule has 24 heavy (non-hydrogen) atoms. The molecule has 0 bridgehead atoms. The van der Waals surface area contributed by atoms with Crippen molar-refractivity contribution in [2.24, 2.45) is 0 Å². The second-order valence-electron chi connectivity index (χ2n) is 6.34. The first-order chi connectivity index (χ1) is 11.4. The van der Waals surface area contributed by atoms with Crippen LogP contribution >= 0.6 is 0 Å². The third-order valence-corrected chi connectivity index (χ3v) is 4.68. The molecule has 7 heteroatoms. The van der Waals surface area contributed by atoms with Crippen LogP contribution in [-0.2, 0) is 0 Å². The molecule has 1 heterocycles. The van der Waals surface area contributed by atoms with Gasteiger partial charge in [0.1, 0.15) is 0 Å². The molecular weight excluding hydrogens is 310 g/mol. The zero-order chi connectivity index (χ0) is 17.7. The average Bonchev–Trinajstić information content (AvgIpc) is 2.58. The number of carbonyl (C=O) groups excluding carboxylic acids is 1. The Morgan fingerprint density at radius 1 is 1.42 bits per heavy atom.